The van der Waals surface area contributed by atoms with Gasteiger partial charge in [0, 0.05) is 57.1 Å². The molecule has 2 aromatic heterocycles. The summed E-state index contributed by atoms with van der Waals surface area (Å²) in [5, 5.41) is 26.8. The van der Waals surface area contributed by atoms with Crippen LogP contribution >= 0.6 is 0 Å². The molecule has 0 aliphatic heterocycles. The van der Waals surface area contributed by atoms with E-state index in [1.54, 1.807) is 18.3 Å². The minimum absolute atomic E-state index is 0.0567. The van der Waals surface area contributed by atoms with E-state index >= 15 is 0 Å². The molecule has 228 valence electrons. The van der Waals surface area contributed by atoms with Crippen LogP contribution in [-0.2, 0) is 6.42 Å². The summed E-state index contributed by atoms with van der Waals surface area (Å²) in [6.45, 7) is 1.38. The molecule has 2 heterocycles. The number of nitro groups is 1. The average molecular weight is 597 g/mol. The van der Waals surface area contributed by atoms with Gasteiger partial charge in [-0.2, -0.15) is 0 Å². The summed E-state index contributed by atoms with van der Waals surface area (Å²) in [5.74, 6) is 1.39. The van der Waals surface area contributed by atoms with E-state index in [1.807, 2.05) is 49.1 Å². The van der Waals surface area contributed by atoms with Gasteiger partial charge in [0.15, 0.2) is 0 Å². The van der Waals surface area contributed by atoms with Gasteiger partial charge in [-0.25, -0.2) is 15.0 Å². The maximum atomic E-state index is 12.1. The number of nitrogens with one attached hydrogen (secondary N) is 2. The largest absolute Gasteiger partial charge is 0.494 e. The van der Waals surface area contributed by atoms with Crippen molar-refractivity contribution in [2.75, 3.05) is 58.2 Å². The number of benzene rings is 3. The van der Waals surface area contributed by atoms with Crippen LogP contribution in [0.4, 0.5) is 23.0 Å². The standard InChI is InChI=1S/C32H36N8O4/c1-38(2)15-16-39(3)26-20-28(44-4)25(19-27(26)40(42)43)35-32-33-14-13-24(34-32)31-30(36-29(37-31)10-7-17-41)23-12-11-21-8-5-6-9-22(21)18-23/h5-6,8-9,11-14,18-20,41H,7,10,15-17H2,1-4H3,(H,36,37)(H,33,34,35). The second-order valence-corrected chi connectivity index (χ2v) is 10.7. The number of ether oxygens (including phenoxy) is 1. The lowest BCUT2D eigenvalue weighted by molar-refractivity contribution is -0.384. The zero-order valence-electron chi connectivity index (χ0n) is 25.2. The minimum Gasteiger partial charge on any atom is -0.494 e. The third-order valence-corrected chi connectivity index (χ3v) is 7.29. The SMILES string of the molecule is COc1cc(N(C)CCN(C)C)c([N+](=O)[O-])cc1Nc1nccc(-c2[nH]c(CCCO)nc2-c2ccc3ccccc3c2)n1. The zero-order chi connectivity index (χ0) is 31.2. The highest BCUT2D eigenvalue weighted by Crippen LogP contribution is 2.39. The van der Waals surface area contributed by atoms with Crippen molar-refractivity contribution >= 4 is 33.8 Å². The van der Waals surface area contributed by atoms with Crippen LogP contribution in [0.3, 0.4) is 0 Å². The van der Waals surface area contributed by atoms with E-state index in [9.17, 15) is 15.2 Å². The number of fused-ring (bicyclic) bond motifs is 1. The third-order valence-electron chi connectivity index (χ3n) is 7.29. The number of aromatic amines is 1. The molecule has 0 bridgehead atoms. The highest BCUT2D eigenvalue weighted by atomic mass is 16.6. The van der Waals surface area contributed by atoms with Gasteiger partial charge in [0.1, 0.15) is 17.3 Å². The number of methoxy groups -OCH3 is 1. The normalized spacial score (nSPS) is 11.2. The second kappa shape index (κ2) is 13.5. The van der Waals surface area contributed by atoms with Crippen molar-refractivity contribution in [3.63, 3.8) is 0 Å². The summed E-state index contributed by atoms with van der Waals surface area (Å²) < 4.78 is 5.62. The number of aryl methyl sites for hydroxylation is 1. The number of nitrogens with zero attached hydrogens (tertiary/aromatic N) is 6. The van der Waals surface area contributed by atoms with E-state index in [4.69, 9.17) is 14.7 Å². The number of anilines is 3. The fourth-order valence-electron chi connectivity index (χ4n) is 4.94. The average Bonchev–Trinajstić information content (AvgIpc) is 3.46. The number of rotatable bonds is 13. The van der Waals surface area contributed by atoms with E-state index < -0.39 is 4.92 Å². The summed E-state index contributed by atoms with van der Waals surface area (Å²) in [5.41, 5.74) is 3.69. The first-order valence-corrected chi connectivity index (χ1v) is 14.3. The quantitative estimate of drug-likeness (QED) is 0.121. The molecule has 0 unspecified atom stereocenters. The number of hydrogen-bond acceptors (Lipinski definition) is 10. The second-order valence-electron chi connectivity index (χ2n) is 10.7. The van der Waals surface area contributed by atoms with Gasteiger partial charge in [0.2, 0.25) is 5.95 Å². The Hall–Kier alpha value is -5.07. The molecule has 3 aromatic carbocycles. The lowest BCUT2D eigenvalue weighted by Gasteiger charge is -2.22. The van der Waals surface area contributed by atoms with Gasteiger partial charge in [-0.15, -0.1) is 0 Å². The number of nitro benzene ring substituents is 1. The highest BCUT2D eigenvalue weighted by Gasteiger charge is 2.23. The predicted octanol–water partition coefficient (Wildman–Crippen LogP) is 5.27. The molecule has 3 N–H and O–H groups in total. The van der Waals surface area contributed by atoms with Gasteiger partial charge in [0.25, 0.3) is 5.69 Å². The van der Waals surface area contributed by atoms with Gasteiger partial charge < -0.3 is 29.9 Å². The Morgan fingerprint density at radius 1 is 1.02 bits per heavy atom. The van der Waals surface area contributed by atoms with Gasteiger partial charge in [-0.3, -0.25) is 10.1 Å². The zero-order valence-corrected chi connectivity index (χ0v) is 25.2. The number of hydrogen-bond donors (Lipinski definition) is 3. The molecule has 0 radical (unpaired) electrons. The monoisotopic (exact) mass is 596 g/mol. The number of aliphatic hydroxyl groups excluding tert-OH is 1. The predicted molar refractivity (Wildman–Crippen MR) is 173 cm³/mol. The molecule has 0 fully saturated rings. The van der Waals surface area contributed by atoms with Crippen LogP contribution in [0.5, 0.6) is 5.75 Å². The third kappa shape index (κ3) is 6.77. The Morgan fingerprint density at radius 3 is 2.55 bits per heavy atom. The van der Waals surface area contributed by atoms with Crippen molar-refractivity contribution < 1.29 is 14.8 Å². The molecule has 0 spiro atoms. The molecule has 5 rings (SSSR count). The molecular weight excluding hydrogens is 560 g/mol. The molecule has 5 aromatic rings. The van der Waals surface area contributed by atoms with Crippen LogP contribution in [0.1, 0.15) is 12.2 Å². The summed E-state index contributed by atoms with van der Waals surface area (Å²) in [6.07, 6.45) is 2.76. The van der Waals surface area contributed by atoms with Gasteiger partial charge in [-0.1, -0.05) is 36.4 Å². The lowest BCUT2D eigenvalue weighted by atomic mass is 10.0. The summed E-state index contributed by atoms with van der Waals surface area (Å²) >= 11 is 0. The van der Waals surface area contributed by atoms with Crippen molar-refractivity contribution in [3.8, 4) is 28.4 Å². The number of imidazole rings is 1. The van der Waals surface area contributed by atoms with Crippen molar-refractivity contribution in [2.24, 2.45) is 0 Å². The summed E-state index contributed by atoms with van der Waals surface area (Å²) in [7, 11) is 7.24. The Balaban J connectivity index is 1.52. The van der Waals surface area contributed by atoms with Crippen LogP contribution in [-0.4, -0.2) is 82.8 Å². The molecule has 0 amide bonds. The van der Waals surface area contributed by atoms with Crippen LogP contribution < -0.4 is 15.0 Å². The van der Waals surface area contributed by atoms with Crippen LogP contribution in [0, 0.1) is 10.1 Å². The molecule has 12 nitrogen and oxygen atoms in total. The van der Waals surface area contributed by atoms with E-state index in [2.05, 4.69) is 39.6 Å². The van der Waals surface area contributed by atoms with E-state index in [1.165, 1.54) is 13.2 Å². The Labute approximate surface area is 255 Å². The van der Waals surface area contributed by atoms with Gasteiger partial charge in [0.05, 0.1) is 34.8 Å². The number of aromatic nitrogens is 4. The van der Waals surface area contributed by atoms with Crippen molar-refractivity contribution in [1.29, 1.82) is 0 Å². The molecule has 12 heteroatoms. The first kappa shape index (κ1) is 30.4. The van der Waals surface area contributed by atoms with Crippen LogP contribution in [0.25, 0.3) is 33.4 Å². The van der Waals surface area contributed by atoms with Crippen molar-refractivity contribution in [2.45, 2.75) is 12.8 Å². The molecular formula is C32H36N8O4. The molecule has 0 aliphatic rings. The number of likely N-dealkylation sites (N-methyl/N-ethyl adjacent to an activating group) is 2. The molecule has 0 aliphatic carbocycles. The molecule has 0 saturated carbocycles. The Bertz CT molecular complexity index is 1770. The fraction of sp³-hybridized carbons (Fsp3) is 0.281. The van der Waals surface area contributed by atoms with E-state index in [0.29, 0.717) is 47.9 Å². The lowest BCUT2D eigenvalue weighted by Crippen LogP contribution is -2.28. The van der Waals surface area contributed by atoms with E-state index in [0.717, 1.165) is 34.4 Å². The van der Waals surface area contributed by atoms with Crippen LogP contribution in [0.2, 0.25) is 0 Å². The first-order chi connectivity index (χ1) is 21.3. The highest BCUT2D eigenvalue weighted by molar-refractivity contribution is 5.89. The maximum absolute atomic E-state index is 12.1. The molecule has 44 heavy (non-hydrogen) atoms. The minimum atomic E-state index is -0.405. The maximum Gasteiger partial charge on any atom is 0.294 e. The van der Waals surface area contributed by atoms with Gasteiger partial charge in [-0.05, 0) is 43.4 Å². The summed E-state index contributed by atoms with van der Waals surface area (Å²) in [6, 6.07) is 19.2. The van der Waals surface area contributed by atoms with Crippen molar-refractivity contribution in [3.05, 3.63) is 82.8 Å². The first-order valence-electron chi connectivity index (χ1n) is 14.3. The fourth-order valence-corrected chi connectivity index (χ4v) is 4.94. The smallest absolute Gasteiger partial charge is 0.294 e. The summed E-state index contributed by atoms with van der Waals surface area (Å²) in [4.78, 5) is 32.9. The van der Waals surface area contributed by atoms with Crippen LogP contribution in [0.15, 0.2) is 66.9 Å². The number of aliphatic hydroxyl groups is 1. The Kier molecular flexibility index (Phi) is 9.32. The molecule has 0 atom stereocenters. The topological polar surface area (TPSA) is 146 Å². The van der Waals surface area contributed by atoms with Gasteiger partial charge >= 0.3 is 0 Å². The van der Waals surface area contributed by atoms with Crippen molar-refractivity contribution in [1.82, 2.24) is 24.8 Å². The van der Waals surface area contributed by atoms with E-state index in [-0.39, 0.29) is 18.2 Å². The Morgan fingerprint density at radius 2 is 1.82 bits per heavy atom. The number of H-pyrrole nitrogens is 1. The molecule has 0 saturated heterocycles.